The molecule has 1 saturated heterocycles. The average Bonchev–Trinajstić information content (AvgIpc) is 3.28. The first-order valence-electron chi connectivity index (χ1n) is 11.5. The summed E-state index contributed by atoms with van der Waals surface area (Å²) in [5.74, 6) is -0.0161. The molecule has 12 heteroatoms. The summed E-state index contributed by atoms with van der Waals surface area (Å²) in [5.41, 5.74) is 1.93. The van der Waals surface area contributed by atoms with Crippen LogP contribution in [-0.4, -0.2) is 63.4 Å². The summed E-state index contributed by atoms with van der Waals surface area (Å²) in [7, 11) is 0. The van der Waals surface area contributed by atoms with Crippen LogP contribution in [0.15, 0.2) is 59.8 Å². The fraction of sp³-hybridized carbons (Fsp3) is 0.280. The van der Waals surface area contributed by atoms with E-state index in [4.69, 9.17) is 4.98 Å². The number of halogens is 3. The zero-order chi connectivity index (χ0) is 26.0. The van der Waals surface area contributed by atoms with E-state index in [1.54, 1.807) is 16.3 Å². The van der Waals surface area contributed by atoms with Gasteiger partial charge in [-0.05, 0) is 30.2 Å². The van der Waals surface area contributed by atoms with Crippen molar-refractivity contribution in [2.24, 2.45) is 5.92 Å². The van der Waals surface area contributed by atoms with Crippen molar-refractivity contribution in [3.05, 3.63) is 65.9 Å². The molecule has 0 radical (unpaired) electrons. The predicted molar refractivity (Wildman–Crippen MR) is 132 cm³/mol. The largest absolute Gasteiger partial charge is 0.573 e. The van der Waals surface area contributed by atoms with Gasteiger partial charge in [-0.3, -0.25) is 9.69 Å². The molecule has 192 valence electrons. The maximum absolute atomic E-state index is 12.7. The van der Waals surface area contributed by atoms with Crippen LogP contribution in [0, 0.1) is 5.92 Å². The van der Waals surface area contributed by atoms with Gasteiger partial charge < -0.3 is 14.8 Å². The number of aromatic nitrogens is 3. The van der Waals surface area contributed by atoms with Crippen molar-refractivity contribution in [3.8, 4) is 5.75 Å². The number of amides is 1. The SMILES string of the molecule is O=CCN1CC(CSc2nc3ccccc3c3cc(CNC(=O)c4ccccc4OC(F)(F)F)nn23)C1. The van der Waals surface area contributed by atoms with E-state index in [9.17, 15) is 22.8 Å². The Labute approximate surface area is 213 Å². The Morgan fingerprint density at radius 3 is 2.70 bits per heavy atom. The van der Waals surface area contributed by atoms with Crippen LogP contribution in [0.2, 0.25) is 0 Å². The lowest BCUT2D eigenvalue weighted by Gasteiger charge is -2.37. The van der Waals surface area contributed by atoms with Gasteiger partial charge in [-0.1, -0.05) is 42.1 Å². The normalized spacial score (nSPS) is 14.6. The number of ether oxygens (including phenoxy) is 1. The third-order valence-corrected chi connectivity index (χ3v) is 7.10. The highest BCUT2D eigenvalue weighted by atomic mass is 32.2. The second-order valence-electron chi connectivity index (χ2n) is 8.63. The second-order valence-corrected chi connectivity index (χ2v) is 9.62. The molecule has 0 aliphatic carbocycles. The van der Waals surface area contributed by atoms with Gasteiger partial charge in [-0.25, -0.2) is 9.50 Å². The Balaban J connectivity index is 1.35. The lowest BCUT2D eigenvalue weighted by molar-refractivity contribution is -0.274. The van der Waals surface area contributed by atoms with Crippen LogP contribution >= 0.6 is 11.8 Å². The summed E-state index contributed by atoms with van der Waals surface area (Å²) < 4.78 is 43.9. The van der Waals surface area contributed by atoms with Gasteiger partial charge >= 0.3 is 6.36 Å². The Kier molecular flexibility index (Phi) is 7.02. The van der Waals surface area contributed by atoms with Crippen molar-refractivity contribution in [2.75, 3.05) is 25.4 Å². The summed E-state index contributed by atoms with van der Waals surface area (Å²) in [4.78, 5) is 30.2. The molecule has 0 bridgehead atoms. The molecule has 5 rings (SSSR count). The number of likely N-dealkylation sites (tertiary alicyclic amines) is 1. The number of thioether (sulfide) groups is 1. The van der Waals surface area contributed by atoms with Crippen LogP contribution in [0.4, 0.5) is 13.2 Å². The van der Waals surface area contributed by atoms with Gasteiger partial charge in [0.05, 0.1) is 35.4 Å². The number of fused-ring (bicyclic) bond motifs is 3. The maximum Gasteiger partial charge on any atom is 0.573 e. The van der Waals surface area contributed by atoms with E-state index in [1.807, 2.05) is 30.3 Å². The molecule has 3 heterocycles. The number of hydrogen-bond acceptors (Lipinski definition) is 7. The topological polar surface area (TPSA) is 88.8 Å². The molecule has 1 N–H and O–H groups in total. The molecule has 1 aliphatic rings. The minimum Gasteiger partial charge on any atom is -0.405 e. The van der Waals surface area contributed by atoms with Gasteiger partial charge in [0.25, 0.3) is 5.91 Å². The summed E-state index contributed by atoms with van der Waals surface area (Å²) >= 11 is 1.57. The minimum atomic E-state index is -4.91. The first kappa shape index (κ1) is 25.0. The molecule has 2 aromatic carbocycles. The standard InChI is InChI=1S/C25H22F3N5O3S/c26-25(27,28)36-22-8-4-2-6-19(22)23(35)29-12-17-11-21-18-5-1-3-7-20(18)30-24(33(21)31-17)37-15-16-13-32(14-16)9-10-34/h1-8,10-11,16H,9,12-15H2,(H,29,35). The zero-order valence-electron chi connectivity index (χ0n) is 19.4. The van der Waals surface area contributed by atoms with Gasteiger partial charge in [-0.15, -0.1) is 13.2 Å². The fourth-order valence-corrected chi connectivity index (χ4v) is 5.27. The van der Waals surface area contributed by atoms with Gasteiger partial charge in [0.15, 0.2) is 5.16 Å². The number of carbonyl (C=O) groups is 2. The van der Waals surface area contributed by atoms with Crippen molar-refractivity contribution >= 4 is 40.4 Å². The smallest absolute Gasteiger partial charge is 0.405 e. The van der Waals surface area contributed by atoms with Crippen LogP contribution in [0.5, 0.6) is 5.75 Å². The van der Waals surface area contributed by atoms with Crippen LogP contribution in [0.1, 0.15) is 16.1 Å². The van der Waals surface area contributed by atoms with Crippen LogP contribution in [0.25, 0.3) is 16.4 Å². The van der Waals surface area contributed by atoms with E-state index >= 15 is 0 Å². The van der Waals surface area contributed by atoms with Crippen molar-refractivity contribution in [1.82, 2.24) is 24.8 Å². The minimum absolute atomic E-state index is 0.00256. The quantitative estimate of drug-likeness (QED) is 0.200. The molecular formula is C25H22F3N5O3S. The molecule has 37 heavy (non-hydrogen) atoms. The van der Waals surface area contributed by atoms with Crippen molar-refractivity contribution < 1.29 is 27.5 Å². The Bertz CT molecular complexity index is 1450. The predicted octanol–water partition coefficient (Wildman–Crippen LogP) is 3.93. The highest BCUT2D eigenvalue weighted by molar-refractivity contribution is 7.99. The lowest BCUT2D eigenvalue weighted by atomic mass is 10.0. The van der Waals surface area contributed by atoms with E-state index in [0.29, 0.717) is 23.3 Å². The molecule has 2 aromatic heterocycles. The summed E-state index contributed by atoms with van der Waals surface area (Å²) in [6, 6.07) is 14.7. The second kappa shape index (κ2) is 10.4. The number of benzene rings is 2. The molecule has 0 atom stereocenters. The number of nitrogens with one attached hydrogen (secondary N) is 1. The molecule has 1 fully saturated rings. The summed E-state index contributed by atoms with van der Waals surface area (Å²) in [5, 5.41) is 8.85. The van der Waals surface area contributed by atoms with E-state index in [1.165, 1.54) is 18.2 Å². The highest BCUT2D eigenvalue weighted by Gasteiger charge is 2.33. The molecule has 8 nitrogen and oxygen atoms in total. The van der Waals surface area contributed by atoms with E-state index < -0.39 is 18.0 Å². The number of alkyl halides is 3. The van der Waals surface area contributed by atoms with Gasteiger partial charge in [0.2, 0.25) is 0 Å². The lowest BCUT2D eigenvalue weighted by Crippen LogP contribution is -2.48. The average molecular weight is 530 g/mol. The van der Waals surface area contributed by atoms with Crippen LogP contribution in [0.3, 0.4) is 0 Å². The Morgan fingerprint density at radius 2 is 1.92 bits per heavy atom. The molecule has 0 spiro atoms. The van der Waals surface area contributed by atoms with E-state index in [2.05, 4.69) is 20.1 Å². The van der Waals surface area contributed by atoms with E-state index in [0.717, 1.165) is 47.6 Å². The molecule has 4 aromatic rings. The first-order chi connectivity index (χ1) is 17.8. The number of hydrogen-bond donors (Lipinski definition) is 1. The van der Waals surface area contributed by atoms with Gasteiger partial charge in [-0.2, -0.15) is 5.10 Å². The molecule has 1 amide bonds. The van der Waals surface area contributed by atoms with Crippen molar-refractivity contribution in [2.45, 2.75) is 18.1 Å². The van der Waals surface area contributed by atoms with E-state index in [-0.39, 0.29) is 12.1 Å². The fourth-order valence-electron chi connectivity index (χ4n) is 4.25. The maximum atomic E-state index is 12.7. The van der Waals surface area contributed by atoms with Crippen LogP contribution in [-0.2, 0) is 11.3 Å². The highest BCUT2D eigenvalue weighted by Crippen LogP contribution is 2.29. The first-order valence-corrected chi connectivity index (χ1v) is 12.5. The monoisotopic (exact) mass is 529 g/mol. The van der Waals surface area contributed by atoms with Crippen molar-refractivity contribution in [1.29, 1.82) is 0 Å². The third kappa shape index (κ3) is 5.70. The van der Waals surface area contributed by atoms with Crippen molar-refractivity contribution in [3.63, 3.8) is 0 Å². The van der Waals surface area contributed by atoms with Gasteiger partial charge in [0.1, 0.15) is 12.0 Å². The van der Waals surface area contributed by atoms with Crippen LogP contribution < -0.4 is 10.1 Å². The molecule has 0 unspecified atom stereocenters. The number of carbonyl (C=O) groups excluding carboxylic acids is 2. The summed E-state index contributed by atoms with van der Waals surface area (Å²) in [6.07, 6.45) is -4.00. The number of aldehydes is 1. The number of nitrogens with zero attached hydrogens (tertiary/aromatic N) is 4. The molecule has 1 aliphatic heterocycles. The Hall–Kier alpha value is -3.64. The van der Waals surface area contributed by atoms with Gasteiger partial charge in [0, 0.05) is 24.2 Å². The summed E-state index contributed by atoms with van der Waals surface area (Å²) in [6.45, 7) is 2.17. The molecular weight excluding hydrogens is 507 g/mol. The third-order valence-electron chi connectivity index (χ3n) is 5.94. The zero-order valence-corrected chi connectivity index (χ0v) is 20.3. The Morgan fingerprint density at radius 1 is 1.16 bits per heavy atom. The number of para-hydroxylation sites is 2. The molecule has 0 saturated carbocycles. The number of rotatable bonds is 9.